The van der Waals surface area contributed by atoms with Crippen molar-refractivity contribution in [2.24, 2.45) is 0 Å². The lowest BCUT2D eigenvalue weighted by molar-refractivity contribution is -0.144. The van der Waals surface area contributed by atoms with E-state index in [9.17, 15) is 4.79 Å². The number of carbonyl (C=O) groups is 1. The zero-order valence-corrected chi connectivity index (χ0v) is 15.0. The standard InChI is InChI=1S/C20H23NO2.ClH/c1-21(2)13-14-23-20(22)19-17-9-5-3-7-15(17)11-12-16-8-4-6-10-18(16)19;/h3-10,19H,11-14H2,1-2H3;1H. The van der Waals surface area contributed by atoms with Crippen LogP contribution < -0.4 is 0 Å². The molecule has 24 heavy (non-hydrogen) atoms. The second-order valence-corrected chi connectivity index (χ2v) is 6.30. The van der Waals surface area contributed by atoms with E-state index < -0.39 is 0 Å². The number of halogens is 1. The average molecular weight is 346 g/mol. The number of nitrogens with zero attached hydrogens (tertiary/aromatic N) is 1. The highest BCUT2D eigenvalue weighted by Crippen LogP contribution is 2.35. The van der Waals surface area contributed by atoms with Gasteiger partial charge in [-0.15, -0.1) is 12.4 Å². The zero-order valence-electron chi connectivity index (χ0n) is 14.2. The normalized spacial score (nSPS) is 13.5. The molecule has 2 aromatic rings. The first-order chi connectivity index (χ1) is 11.2. The molecule has 0 atom stereocenters. The van der Waals surface area contributed by atoms with Crippen LogP contribution in [0.5, 0.6) is 0 Å². The molecule has 0 saturated heterocycles. The molecule has 128 valence electrons. The van der Waals surface area contributed by atoms with Crippen LogP contribution >= 0.6 is 12.4 Å². The van der Waals surface area contributed by atoms with Gasteiger partial charge in [-0.05, 0) is 49.2 Å². The van der Waals surface area contributed by atoms with Crippen LogP contribution in [0.1, 0.15) is 28.2 Å². The van der Waals surface area contributed by atoms with Crippen molar-refractivity contribution in [3.05, 3.63) is 70.8 Å². The molecule has 4 heteroatoms. The molecule has 0 aromatic heterocycles. The van der Waals surface area contributed by atoms with Crippen LogP contribution in [0.2, 0.25) is 0 Å². The summed E-state index contributed by atoms with van der Waals surface area (Å²) in [5.74, 6) is -0.458. The second kappa shape index (κ2) is 8.32. The molecule has 3 nitrogen and oxygen atoms in total. The number of aryl methyl sites for hydroxylation is 2. The van der Waals surface area contributed by atoms with Crippen molar-refractivity contribution >= 4 is 18.4 Å². The molecule has 0 radical (unpaired) electrons. The maximum Gasteiger partial charge on any atom is 0.317 e. The lowest BCUT2D eigenvalue weighted by atomic mass is 9.88. The minimum Gasteiger partial charge on any atom is -0.464 e. The summed E-state index contributed by atoms with van der Waals surface area (Å²) in [6, 6.07) is 16.5. The number of fused-ring (bicyclic) bond motifs is 2. The van der Waals surface area contributed by atoms with Crippen molar-refractivity contribution in [2.45, 2.75) is 18.8 Å². The highest BCUT2D eigenvalue weighted by Gasteiger charge is 2.30. The number of esters is 1. The zero-order chi connectivity index (χ0) is 16.2. The summed E-state index contributed by atoms with van der Waals surface area (Å²) in [5, 5.41) is 0. The van der Waals surface area contributed by atoms with E-state index in [4.69, 9.17) is 4.74 Å². The lowest BCUT2D eigenvalue weighted by Crippen LogP contribution is -2.24. The minimum absolute atomic E-state index is 0. The first-order valence-corrected chi connectivity index (χ1v) is 8.14. The van der Waals surface area contributed by atoms with Crippen molar-refractivity contribution in [1.82, 2.24) is 4.90 Å². The van der Waals surface area contributed by atoms with Crippen LogP contribution in [0.3, 0.4) is 0 Å². The predicted octanol–water partition coefficient (Wildman–Crippen LogP) is 3.44. The molecule has 0 amide bonds. The van der Waals surface area contributed by atoms with Crippen LogP contribution in [0.25, 0.3) is 0 Å². The van der Waals surface area contributed by atoms with Crippen molar-refractivity contribution in [2.75, 3.05) is 27.2 Å². The number of hydrogen-bond donors (Lipinski definition) is 0. The minimum atomic E-state index is -0.313. The number of rotatable bonds is 4. The van der Waals surface area contributed by atoms with Crippen LogP contribution in [-0.4, -0.2) is 38.1 Å². The molecule has 2 aromatic carbocycles. The third kappa shape index (κ3) is 3.97. The first kappa shape index (κ1) is 18.5. The van der Waals surface area contributed by atoms with Crippen LogP contribution in [0.4, 0.5) is 0 Å². The van der Waals surface area contributed by atoms with Crippen molar-refractivity contribution < 1.29 is 9.53 Å². The molecule has 0 fully saturated rings. The number of ether oxygens (including phenoxy) is 1. The fraction of sp³-hybridized carbons (Fsp3) is 0.350. The van der Waals surface area contributed by atoms with Gasteiger partial charge in [0, 0.05) is 6.54 Å². The molecule has 1 aliphatic rings. The fourth-order valence-corrected chi connectivity index (χ4v) is 3.19. The second-order valence-electron chi connectivity index (χ2n) is 6.30. The summed E-state index contributed by atoms with van der Waals surface area (Å²) in [5.41, 5.74) is 4.68. The molecular formula is C20H24ClNO2. The van der Waals surface area contributed by atoms with Crippen LogP contribution in [-0.2, 0) is 22.4 Å². The third-order valence-electron chi connectivity index (χ3n) is 4.41. The maximum absolute atomic E-state index is 12.8. The Hall–Kier alpha value is -1.84. The van der Waals surface area contributed by atoms with Gasteiger partial charge in [-0.2, -0.15) is 0 Å². The van der Waals surface area contributed by atoms with Crippen molar-refractivity contribution in [1.29, 1.82) is 0 Å². The molecule has 0 spiro atoms. The molecule has 0 saturated carbocycles. The third-order valence-corrected chi connectivity index (χ3v) is 4.41. The van der Waals surface area contributed by atoms with Crippen LogP contribution in [0, 0.1) is 0 Å². The van der Waals surface area contributed by atoms with Gasteiger partial charge in [0.05, 0.1) is 0 Å². The largest absolute Gasteiger partial charge is 0.464 e. The summed E-state index contributed by atoms with van der Waals surface area (Å²) < 4.78 is 5.58. The van der Waals surface area contributed by atoms with Gasteiger partial charge in [0.15, 0.2) is 0 Å². The van der Waals surface area contributed by atoms with E-state index in [2.05, 4.69) is 24.3 Å². The molecule has 0 bridgehead atoms. The Morgan fingerprint density at radius 2 is 1.50 bits per heavy atom. The lowest BCUT2D eigenvalue weighted by Gasteiger charge is -2.19. The Kier molecular flexibility index (Phi) is 6.41. The maximum atomic E-state index is 12.8. The van der Waals surface area contributed by atoms with E-state index in [-0.39, 0.29) is 24.3 Å². The van der Waals surface area contributed by atoms with Gasteiger partial charge in [0.25, 0.3) is 0 Å². The molecule has 0 N–H and O–H groups in total. The number of hydrogen-bond acceptors (Lipinski definition) is 3. The SMILES string of the molecule is CN(C)CCOC(=O)C1c2ccccc2CCc2ccccc21.Cl. The molecule has 1 aliphatic carbocycles. The van der Waals surface area contributed by atoms with Crippen molar-refractivity contribution in [3.8, 4) is 0 Å². The van der Waals surface area contributed by atoms with E-state index in [0.717, 1.165) is 30.5 Å². The number of benzene rings is 2. The highest BCUT2D eigenvalue weighted by atomic mass is 35.5. The summed E-state index contributed by atoms with van der Waals surface area (Å²) in [6.45, 7) is 1.16. The smallest absolute Gasteiger partial charge is 0.317 e. The topological polar surface area (TPSA) is 29.5 Å². The van der Waals surface area contributed by atoms with Gasteiger partial charge < -0.3 is 9.64 Å². The molecule has 0 aliphatic heterocycles. The Balaban J connectivity index is 0.00000208. The quantitative estimate of drug-likeness (QED) is 0.795. The van der Waals surface area contributed by atoms with Gasteiger partial charge in [0.2, 0.25) is 0 Å². The van der Waals surface area contributed by atoms with Crippen molar-refractivity contribution in [3.63, 3.8) is 0 Å². The van der Waals surface area contributed by atoms with Gasteiger partial charge in [0.1, 0.15) is 12.5 Å². The average Bonchev–Trinajstić information content (AvgIpc) is 2.71. The molecule has 3 rings (SSSR count). The summed E-state index contributed by atoms with van der Waals surface area (Å²) in [6.07, 6.45) is 1.93. The highest BCUT2D eigenvalue weighted by molar-refractivity contribution is 5.85. The Morgan fingerprint density at radius 1 is 1.00 bits per heavy atom. The summed E-state index contributed by atoms with van der Waals surface area (Å²) in [4.78, 5) is 14.8. The summed E-state index contributed by atoms with van der Waals surface area (Å²) in [7, 11) is 3.95. The van der Waals surface area contributed by atoms with Gasteiger partial charge in [-0.1, -0.05) is 48.5 Å². The Bertz CT molecular complexity index is 652. The van der Waals surface area contributed by atoms with Gasteiger partial charge in [-0.3, -0.25) is 4.79 Å². The predicted molar refractivity (Wildman–Crippen MR) is 98.9 cm³/mol. The van der Waals surface area contributed by atoms with E-state index in [1.54, 1.807) is 0 Å². The van der Waals surface area contributed by atoms with Gasteiger partial charge >= 0.3 is 5.97 Å². The fourth-order valence-electron chi connectivity index (χ4n) is 3.19. The Labute approximate surface area is 150 Å². The Morgan fingerprint density at radius 3 is 2.00 bits per heavy atom. The van der Waals surface area contributed by atoms with E-state index in [0.29, 0.717) is 6.61 Å². The van der Waals surface area contributed by atoms with Gasteiger partial charge in [-0.25, -0.2) is 0 Å². The van der Waals surface area contributed by atoms with E-state index >= 15 is 0 Å². The number of carbonyl (C=O) groups excluding carboxylic acids is 1. The van der Waals surface area contributed by atoms with E-state index in [1.807, 2.05) is 43.3 Å². The van der Waals surface area contributed by atoms with E-state index in [1.165, 1.54) is 11.1 Å². The first-order valence-electron chi connectivity index (χ1n) is 8.14. The monoisotopic (exact) mass is 345 g/mol. The molecule has 0 unspecified atom stereocenters. The van der Waals surface area contributed by atoms with Crippen LogP contribution in [0.15, 0.2) is 48.5 Å². The number of likely N-dealkylation sites (N-methyl/N-ethyl adjacent to an activating group) is 1. The molecular weight excluding hydrogens is 322 g/mol. The summed E-state index contributed by atoms with van der Waals surface area (Å²) >= 11 is 0. The molecule has 0 heterocycles.